The van der Waals surface area contributed by atoms with Crippen molar-refractivity contribution in [3.63, 3.8) is 0 Å². The van der Waals surface area contributed by atoms with Crippen molar-refractivity contribution in [1.29, 1.82) is 0 Å². The lowest BCUT2D eigenvalue weighted by Gasteiger charge is -2.34. The lowest BCUT2D eigenvalue weighted by Crippen LogP contribution is -2.47. The fourth-order valence-corrected chi connectivity index (χ4v) is 5.72. The van der Waals surface area contributed by atoms with Crippen molar-refractivity contribution in [2.75, 3.05) is 25.6 Å². The molecule has 1 aliphatic rings. The second-order valence-corrected chi connectivity index (χ2v) is 9.91. The third-order valence-electron chi connectivity index (χ3n) is 5.48. The molecular formula is C22H28N2O6S. The summed E-state index contributed by atoms with van der Waals surface area (Å²) in [7, 11) is -3.75. The second kappa shape index (κ2) is 9.76. The lowest BCUT2D eigenvalue weighted by molar-refractivity contribution is -0.143. The maximum absolute atomic E-state index is 13.0. The SMILES string of the molecule is Cc1cc(CCOc2ccc(S(=O)(=O)CC3(C(=O)NO)CCOCC3)cc2)cc(C)n1. The first kappa shape index (κ1) is 23.2. The standard InChI is InChI=1S/C22H28N2O6S/c1-16-13-18(14-17(2)23-16)7-10-30-19-3-5-20(6-4-19)31(27,28)15-22(21(25)24-26)8-11-29-12-9-22/h3-6,13-14,26H,7-12,15H2,1-2H3,(H,24,25). The number of hydroxylamine groups is 1. The van der Waals surface area contributed by atoms with Gasteiger partial charge in [0.15, 0.2) is 9.84 Å². The number of benzene rings is 1. The zero-order valence-corrected chi connectivity index (χ0v) is 18.6. The van der Waals surface area contributed by atoms with Crippen molar-refractivity contribution in [1.82, 2.24) is 10.5 Å². The van der Waals surface area contributed by atoms with E-state index >= 15 is 0 Å². The molecule has 0 radical (unpaired) electrons. The quantitative estimate of drug-likeness (QED) is 0.471. The van der Waals surface area contributed by atoms with Crippen LogP contribution in [0.2, 0.25) is 0 Å². The van der Waals surface area contributed by atoms with Crippen molar-refractivity contribution in [3.05, 3.63) is 53.3 Å². The number of sulfone groups is 1. The Morgan fingerprint density at radius 1 is 1.16 bits per heavy atom. The molecule has 1 saturated heterocycles. The predicted molar refractivity (Wildman–Crippen MR) is 114 cm³/mol. The van der Waals surface area contributed by atoms with Crippen molar-refractivity contribution < 1.29 is 27.9 Å². The maximum Gasteiger partial charge on any atom is 0.250 e. The van der Waals surface area contributed by atoms with E-state index in [1.807, 2.05) is 26.0 Å². The highest BCUT2D eigenvalue weighted by Gasteiger charge is 2.44. The van der Waals surface area contributed by atoms with Crippen LogP contribution in [0.15, 0.2) is 41.3 Å². The van der Waals surface area contributed by atoms with E-state index in [1.165, 1.54) is 12.1 Å². The molecule has 0 atom stereocenters. The molecule has 0 aliphatic carbocycles. The van der Waals surface area contributed by atoms with Gasteiger partial charge in [0, 0.05) is 31.0 Å². The number of nitrogens with zero attached hydrogens (tertiary/aromatic N) is 1. The van der Waals surface area contributed by atoms with Crippen LogP contribution in [-0.4, -0.2) is 50.1 Å². The molecule has 2 N–H and O–H groups in total. The minimum Gasteiger partial charge on any atom is -0.493 e. The fraction of sp³-hybridized carbons (Fsp3) is 0.455. The number of aryl methyl sites for hydroxylation is 2. The lowest BCUT2D eigenvalue weighted by atomic mass is 9.81. The Labute approximate surface area is 182 Å². The highest BCUT2D eigenvalue weighted by molar-refractivity contribution is 7.91. The summed E-state index contributed by atoms with van der Waals surface area (Å²) in [6.45, 7) is 4.89. The van der Waals surface area contributed by atoms with E-state index in [-0.39, 0.29) is 31.0 Å². The van der Waals surface area contributed by atoms with Gasteiger partial charge in [-0.15, -0.1) is 0 Å². The van der Waals surface area contributed by atoms with Crippen LogP contribution in [0.4, 0.5) is 0 Å². The summed E-state index contributed by atoms with van der Waals surface area (Å²) in [4.78, 5) is 16.7. The number of carbonyl (C=O) groups is 1. The number of carbonyl (C=O) groups excluding carboxylic acids is 1. The smallest absolute Gasteiger partial charge is 0.250 e. The molecule has 1 fully saturated rings. The van der Waals surface area contributed by atoms with Crippen LogP contribution in [-0.2, 0) is 25.8 Å². The monoisotopic (exact) mass is 448 g/mol. The molecule has 0 bridgehead atoms. The van der Waals surface area contributed by atoms with E-state index in [0.29, 0.717) is 18.8 Å². The average Bonchev–Trinajstić information content (AvgIpc) is 2.73. The van der Waals surface area contributed by atoms with Crippen LogP contribution < -0.4 is 10.2 Å². The summed E-state index contributed by atoms with van der Waals surface area (Å²) >= 11 is 0. The first-order chi connectivity index (χ1) is 14.7. The number of amides is 1. The van der Waals surface area contributed by atoms with Gasteiger partial charge in [0.05, 0.1) is 22.7 Å². The molecule has 8 nitrogen and oxygen atoms in total. The number of ether oxygens (including phenoxy) is 2. The normalized spacial score (nSPS) is 16.0. The van der Waals surface area contributed by atoms with Gasteiger partial charge >= 0.3 is 0 Å². The number of hydrogen-bond acceptors (Lipinski definition) is 7. The Balaban J connectivity index is 1.64. The fourth-order valence-electron chi connectivity index (χ4n) is 3.86. The molecule has 0 saturated carbocycles. The number of rotatable bonds is 8. The molecule has 0 unspecified atom stereocenters. The van der Waals surface area contributed by atoms with Crippen LogP contribution in [0.3, 0.4) is 0 Å². The van der Waals surface area contributed by atoms with Gasteiger partial charge in [-0.2, -0.15) is 0 Å². The minimum absolute atomic E-state index is 0.108. The van der Waals surface area contributed by atoms with Crippen LogP contribution in [0.5, 0.6) is 5.75 Å². The molecule has 31 heavy (non-hydrogen) atoms. The molecule has 1 aliphatic heterocycles. The van der Waals surface area contributed by atoms with E-state index in [2.05, 4.69) is 4.98 Å². The Kier molecular flexibility index (Phi) is 7.30. The van der Waals surface area contributed by atoms with Gasteiger partial charge in [0.2, 0.25) is 0 Å². The van der Waals surface area contributed by atoms with Crippen molar-refractivity contribution in [2.45, 2.75) is 38.0 Å². The van der Waals surface area contributed by atoms with E-state index < -0.39 is 26.9 Å². The third kappa shape index (κ3) is 5.81. The van der Waals surface area contributed by atoms with Gasteiger partial charge in [-0.25, -0.2) is 13.9 Å². The Morgan fingerprint density at radius 3 is 2.35 bits per heavy atom. The van der Waals surface area contributed by atoms with Gasteiger partial charge in [0.25, 0.3) is 5.91 Å². The first-order valence-corrected chi connectivity index (χ1v) is 11.8. The number of hydrogen-bond donors (Lipinski definition) is 2. The molecular weight excluding hydrogens is 420 g/mol. The minimum atomic E-state index is -3.75. The van der Waals surface area contributed by atoms with Crippen LogP contribution in [0.1, 0.15) is 29.8 Å². The predicted octanol–water partition coefficient (Wildman–Crippen LogP) is 2.40. The topological polar surface area (TPSA) is 115 Å². The zero-order valence-electron chi connectivity index (χ0n) is 17.8. The summed E-state index contributed by atoms with van der Waals surface area (Å²) in [6, 6.07) is 10.2. The molecule has 168 valence electrons. The molecule has 9 heteroatoms. The molecule has 1 amide bonds. The Hall–Kier alpha value is -2.49. The Morgan fingerprint density at radius 2 is 1.77 bits per heavy atom. The molecule has 0 spiro atoms. The van der Waals surface area contributed by atoms with Gasteiger partial charge in [-0.05, 0) is 68.7 Å². The highest BCUT2D eigenvalue weighted by atomic mass is 32.2. The first-order valence-electron chi connectivity index (χ1n) is 10.2. The van der Waals surface area contributed by atoms with Gasteiger partial charge < -0.3 is 9.47 Å². The summed E-state index contributed by atoms with van der Waals surface area (Å²) in [5, 5.41) is 9.10. The zero-order chi connectivity index (χ0) is 22.5. The van der Waals surface area contributed by atoms with E-state index in [4.69, 9.17) is 14.7 Å². The summed E-state index contributed by atoms with van der Waals surface area (Å²) < 4.78 is 36.9. The number of aromatic nitrogens is 1. The number of pyridine rings is 1. The van der Waals surface area contributed by atoms with Crippen molar-refractivity contribution >= 4 is 15.7 Å². The van der Waals surface area contributed by atoms with Crippen molar-refractivity contribution in [2.24, 2.45) is 5.41 Å². The Bertz CT molecular complexity index is 995. The summed E-state index contributed by atoms with van der Waals surface area (Å²) in [5.74, 6) is -0.521. The molecule has 2 aromatic rings. The molecule has 3 rings (SSSR count). The number of nitrogens with one attached hydrogen (secondary N) is 1. The van der Waals surface area contributed by atoms with Crippen molar-refractivity contribution in [3.8, 4) is 5.75 Å². The van der Waals surface area contributed by atoms with E-state index in [0.717, 1.165) is 17.0 Å². The molecule has 1 aromatic carbocycles. The summed E-state index contributed by atoms with van der Waals surface area (Å²) in [6.07, 6.45) is 1.17. The average molecular weight is 449 g/mol. The second-order valence-electron chi connectivity index (χ2n) is 7.92. The largest absolute Gasteiger partial charge is 0.493 e. The van der Waals surface area contributed by atoms with Crippen LogP contribution >= 0.6 is 0 Å². The van der Waals surface area contributed by atoms with E-state index in [9.17, 15) is 13.2 Å². The maximum atomic E-state index is 13.0. The van der Waals surface area contributed by atoms with Gasteiger partial charge in [0.1, 0.15) is 5.75 Å². The van der Waals surface area contributed by atoms with Gasteiger partial charge in [-0.3, -0.25) is 15.0 Å². The summed E-state index contributed by atoms with van der Waals surface area (Å²) in [5.41, 5.74) is 3.47. The van der Waals surface area contributed by atoms with Gasteiger partial charge in [-0.1, -0.05) is 0 Å². The molecule has 2 heterocycles. The molecule has 1 aromatic heterocycles. The van der Waals surface area contributed by atoms with Crippen LogP contribution in [0, 0.1) is 19.3 Å². The van der Waals surface area contributed by atoms with E-state index in [1.54, 1.807) is 17.6 Å². The highest BCUT2D eigenvalue weighted by Crippen LogP contribution is 2.34. The third-order valence-corrected chi connectivity index (χ3v) is 7.41. The van der Waals surface area contributed by atoms with Crippen LogP contribution in [0.25, 0.3) is 0 Å².